The summed E-state index contributed by atoms with van der Waals surface area (Å²) < 4.78 is 0.657. The molecule has 2 N–H and O–H groups in total. The van der Waals surface area contributed by atoms with Crippen molar-refractivity contribution in [2.45, 2.75) is 44.3 Å². The number of halogens is 1. The van der Waals surface area contributed by atoms with Gasteiger partial charge < -0.3 is 10.2 Å². The van der Waals surface area contributed by atoms with Crippen molar-refractivity contribution in [2.75, 3.05) is 0 Å². The highest BCUT2D eigenvalue weighted by Gasteiger charge is 2.29. The third-order valence-electron chi connectivity index (χ3n) is 3.34. The molecular formula is C12H17ClO2S. The largest absolute Gasteiger partial charge is 0.390 e. The minimum Gasteiger partial charge on any atom is -0.390 e. The van der Waals surface area contributed by atoms with Crippen LogP contribution in [0.5, 0.6) is 0 Å². The monoisotopic (exact) mass is 260 g/mol. The number of aliphatic hydroxyl groups excluding tert-OH is 2. The van der Waals surface area contributed by atoms with E-state index in [0.717, 1.165) is 17.7 Å². The minimum atomic E-state index is -0.777. The molecule has 1 fully saturated rings. The molecule has 1 aromatic heterocycles. The first-order chi connectivity index (χ1) is 7.68. The Hall–Kier alpha value is -0.0900. The molecule has 4 heteroatoms. The van der Waals surface area contributed by atoms with Gasteiger partial charge >= 0.3 is 0 Å². The van der Waals surface area contributed by atoms with E-state index in [-0.39, 0.29) is 5.92 Å². The van der Waals surface area contributed by atoms with Crippen LogP contribution in [-0.4, -0.2) is 16.3 Å². The van der Waals surface area contributed by atoms with Gasteiger partial charge in [0, 0.05) is 4.88 Å². The van der Waals surface area contributed by atoms with Crippen LogP contribution in [0.4, 0.5) is 0 Å². The van der Waals surface area contributed by atoms with Gasteiger partial charge in [0.25, 0.3) is 0 Å². The van der Waals surface area contributed by atoms with Crippen LogP contribution in [0.15, 0.2) is 12.1 Å². The lowest BCUT2D eigenvalue weighted by molar-refractivity contribution is -0.0268. The van der Waals surface area contributed by atoms with E-state index < -0.39 is 12.2 Å². The van der Waals surface area contributed by atoms with E-state index in [1.165, 1.54) is 30.6 Å². The fourth-order valence-electron chi connectivity index (χ4n) is 2.39. The van der Waals surface area contributed by atoms with Crippen molar-refractivity contribution in [3.05, 3.63) is 21.3 Å². The van der Waals surface area contributed by atoms with E-state index in [1.54, 1.807) is 12.1 Å². The highest BCUT2D eigenvalue weighted by atomic mass is 35.5. The standard InChI is InChI=1S/C12H17ClO2S/c13-10-7-6-9(16-10)12(15)11(14)8-4-2-1-3-5-8/h6-8,11-12,14-15H,1-5H2. The predicted molar refractivity (Wildman–Crippen MR) is 66.9 cm³/mol. The zero-order chi connectivity index (χ0) is 11.5. The molecule has 0 amide bonds. The van der Waals surface area contributed by atoms with Gasteiger partial charge in [0.15, 0.2) is 0 Å². The zero-order valence-corrected chi connectivity index (χ0v) is 10.7. The average molecular weight is 261 g/mol. The second kappa shape index (κ2) is 5.50. The van der Waals surface area contributed by atoms with Crippen LogP contribution in [0.2, 0.25) is 4.34 Å². The molecule has 2 atom stereocenters. The maximum Gasteiger partial charge on any atom is 0.114 e. The fourth-order valence-corrected chi connectivity index (χ4v) is 3.48. The summed E-state index contributed by atoms with van der Waals surface area (Å²) in [5, 5.41) is 20.2. The number of rotatable bonds is 3. The third kappa shape index (κ3) is 2.77. The molecule has 2 unspecified atom stereocenters. The van der Waals surface area contributed by atoms with Gasteiger partial charge in [-0.05, 0) is 30.9 Å². The van der Waals surface area contributed by atoms with Crippen molar-refractivity contribution in [3.8, 4) is 0 Å². The number of thiophene rings is 1. The molecule has 2 rings (SSSR count). The third-order valence-corrected chi connectivity index (χ3v) is 4.64. The Labute approximate surface area is 105 Å². The lowest BCUT2D eigenvalue weighted by atomic mass is 9.83. The first-order valence-corrected chi connectivity index (χ1v) is 6.99. The van der Waals surface area contributed by atoms with E-state index in [9.17, 15) is 10.2 Å². The highest BCUT2D eigenvalue weighted by molar-refractivity contribution is 7.16. The summed E-state index contributed by atoms with van der Waals surface area (Å²) in [6.07, 6.45) is 4.22. The van der Waals surface area contributed by atoms with Crippen LogP contribution in [0.25, 0.3) is 0 Å². The van der Waals surface area contributed by atoms with Gasteiger partial charge in [0.2, 0.25) is 0 Å². The predicted octanol–water partition coefficient (Wildman–Crippen LogP) is 3.38. The molecule has 0 aliphatic heterocycles. The van der Waals surface area contributed by atoms with Crippen molar-refractivity contribution in [1.29, 1.82) is 0 Å². The number of hydrogen-bond acceptors (Lipinski definition) is 3. The molecule has 0 aromatic carbocycles. The molecule has 0 spiro atoms. The van der Waals surface area contributed by atoms with Crippen LogP contribution >= 0.6 is 22.9 Å². The first kappa shape index (κ1) is 12.4. The average Bonchev–Trinajstić information content (AvgIpc) is 2.75. The molecule has 0 radical (unpaired) electrons. The van der Waals surface area contributed by atoms with Crippen LogP contribution in [0.1, 0.15) is 43.1 Å². The van der Waals surface area contributed by atoms with Gasteiger partial charge in [0.05, 0.1) is 10.4 Å². The van der Waals surface area contributed by atoms with Crippen LogP contribution in [0, 0.1) is 5.92 Å². The topological polar surface area (TPSA) is 40.5 Å². The molecule has 1 aliphatic carbocycles. The normalized spacial score (nSPS) is 21.9. The fraction of sp³-hybridized carbons (Fsp3) is 0.667. The summed E-state index contributed by atoms with van der Waals surface area (Å²) in [5.41, 5.74) is 0. The molecule has 1 aliphatic rings. The Morgan fingerprint density at radius 2 is 1.88 bits per heavy atom. The first-order valence-electron chi connectivity index (χ1n) is 5.80. The molecule has 1 saturated carbocycles. The van der Waals surface area contributed by atoms with Crippen LogP contribution in [0.3, 0.4) is 0 Å². The summed E-state index contributed by atoms with van der Waals surface area (Å²) in [5.74, 6) is 0.240. The second-order valence-electron chi connectivity index (χ2n) is 4.48. The SMILES string of the molecule is OC(c1ccc(Cl)s1)C(O)C1CCCCC1. The maximum absolute atomic E-state index is 10.1. The second-order valence-corrected chi connectivity index (χ2v) is 6.22. The van der Waals surface area contributed by atoms with E-state index >= 15 is 0 Å². The summed E-state index contributed by atoms with van der Waals surface area (Å²) in [7, 11) is 0. The molecule has 0 saturated heterocycles. The van der Waals surface area contributed by atoms with Crippen molar-refractivity contribution in [2.24, 2.45) is 5.92 Å². The summed E-state index contributed by atoms with van der Waals surface area (Å²) in [4.78, 5) is 0.767. The lowest BCUT2D eigenvalue weighted by Crippen LogP contribution is -2.28. The van der Waals surface area contributed by atoms with Gasteiger partial charge in [0.1, 0.15) is 6.10 Å². The molecule has 90 valence electrons. The maximum atomic E-state index is 10.1. The van der Waals surface area contributed by atoms with Gasteiger partial charge in [-0.25, -0.2) is 0 Å². The van der Waals surface area contributed by atoms with E-state index in [1.807, 2.05) is 0 Å². The molecule has 2 nitrogen and oxygen atoms in total. The van der Waals surface area contributed by atoms with Gasteiger partial charge in [-0.3, -0.25) is 0 Å². The number of hydrogen-bond donors (Lipinski definition) is 2. The van der Waals surface area contributed by atoms with E-state index in [0.29, 0.717) is 4.34 Å². The van der Waals surface area contributed by atoms with Gasteiger partial charge in [-0.1, -0.05) is 30.9 Å². The van der Waals surface area contributed by atoms with E-state index in [2.05, 4.69) is 0 Å². The molecule has 16 heavy (non-hydrogen) atoms. The Bertz CT molecular complexity index is 334. The lowest BCUT2D eigenvalue weighted by Gasteiger charge is -2.29. The summed E-state index contributed by atoms with van der Waals surface area (Å²) >= 11 is 7.16. The Morgan fingerprint density at radius 3 is 2.44 bits per heavy atom. The molecule has 1 aromatic rings. The molecule has 0 bridgehead atoms. The minimum absolute atomic E-state index is 0.240. The van der Waals surface area contributed by atoms with Crippen molar-refractivity contribution < 1.29 is 10.2 Å². The highest BCUT2D eigenvalue weighted by Crippen LogP contribution is 2.35. The van der Waals surface area contributed by atoms with E-state index in [4.69, 9.17) is 11.6 Å². The van der Waals surface area contributed by atoms with Crippen molar-refractivity contribution >= 4 is 22.9 Å². The van der Waals surface area contributed by atoms with Crippen molar-refractivity contribution in [1.82, 2.24) is 0 Å². The smallest absolute Gasteiger partial charge is 0.114 e. The molecule has 1 heterocycles. The van der Waals surface area contributed by atoms with Crippen molar-refractivity contribution in [3.63, 3.8) is 0 Å². The quantitative estimate of drug-likeness (QED) is 0.875. The number of aliphatic hydroxyl groups is 2. The molecular weight excluding hydrogens is 244 g/mol. The Balaban J connectivity index is 2.00. The Morgan fingerprint density at radius 1 is 1.19 bits per heavy atom. The van der Waals surface area contributed by atoms with Gasteiger partial charge in [-0.15, -0.1) is 11.3 Å². The summed E-state index contributed by atoms with van der Waals surface area (Å²) in [6.45, 7) is 0. The summed E-state index contributed by atoms with van der Waals surface area (Å²) in [6, 6.07) is 3.56. The Kier molecular flexibility index (Phi) is 4.25. The van der Waals surface area contributed by atoms with Crippen LogP contribution < -0.4 is 0 Å². The van der Waals surface area contributed by atoms with Crippen LogP contribution in [-0.2, 0) is 0 Å². The zero-order valence-electron chi connectivity index (χ0n) is 9.10. The van der Waals surface area contributed by atoms with Gasteiger partial charge in [-0.2, -0.15) is 0 Å².